The van der Waals surface area contributed by atoms with Crippen LogP contribution in [0.5, 0.6) is 0 Å². The SMILES string of the molecule is CC(CNC(=O)N1CCN(c2ccncc2Cl)CC1)CN1CCN(C)CC1. The molecule has 1 aromatic rings. The van der Waals surface area contributed by atoms with Crippen LogP contribution in [0.4, 0.5) is 10.5 Å². The number of amides is 2. The quantitative estimate of drug-likeness (QED) is 0.819. The van der Waals surface area contributed by atoms with Crippen molar-refractivity contribution in [2.45, 2.75) is 6.92 Å². The lowest BCUT2D eigenvalue weighted by Gasteiger charge is -2.37. The number of piperazine rings is 2. The molecule has 2 aliphatic heterocycles. The van der Waals surface area contributed by atoms with Gasteiger partial charge in [-0.3, -0.25) is 4.98 Å². The lowest BCUT2D eigenvalue weighted by molar-refractivity contribution is 0.137. The van der Waals surface area contributed by atoms with Crippen molar-refractivity contribution in [3.63, 3.8) is 0 Å². The number of halogens is 1. The molecule has 2 saturated heterocycles. The maximum Gasteiger partial charge on any atom is 0.317 e. The molecule has 0 radical (unpaired) electrons. The van der Waals surface area contributed by atoms with Crippen molar-refractivity contribution in [2.75, 3.05) is 77.4 Å². The van der Waals surface area contributed by atoms with Crippen molar-refractivity contribution in [3.8, 4) is 0 Å². The molecule has 1 atom stereocenters. The van der Waals surface area contributed by atoms with Crippen LogP contribution in [0.15, 0.2) is 18.5 Å². The minimum absolute atomic E-state index is 0.0423. The summed E-state index contributed by atoms with van der Waals surface area (Å²) in [6.07, 6.45) is 3.42. The van der Waals surface area contributed by atoms with Gasteiger partial charge in [-0.15, -0.1) is 0 Å². The highest BCUT2D eigenvalue weighted by Gasteiger charge is 2.23. The molecule has 2 fully saturated rings. The number of carbonyl (C=O) groups is 1. The van der Waals surface area contributed by atoms with Crippen LogP contribution in [0.3, 0.4) is 0 Å². The van der Waals surface area contributed by atoms with Gasteiger partial charge in [0.15, 0.2) is 0 Å². The molecule has 1 unspecified atom stereocenters. The van der Waals surface area contributed by atoms with Crippen LogP contribution < -0.4 is 10.2 Å². The smallest absolute Gasteiger partial charge is 0.317 e. The topological polar surface area (TPSA) is 55.0 Å². The molecule has 2 aliphatic rings. The normalized spacial score (nSPS) is 20.6. The Balaban J connectivity index is 1.37. The third kappa shape index (κ3) is 5.70. The summed E-state index contributed by atoms with van der Waals surface area (Å²) in [4.78, 5) is 25.5. The Labute approximate surface area is 167 Å². The summed E-state index contributed by atoms with van der Waals surface area (Å²) in [7, 11) is 2.17. The van der Waals surface area contributed by atoms with Gasteiger partial charge in [0.1, 0.15) is 0 Å². The minimum Gasteiger partial charge on any atom is -0.367 e. The van der Waals surface area contributed by atoms with Gasteiger partial charge in [0, 0.05) is 77.8 Å². The Morgan fingerprint density at radius 3 is 2.56 bits per heavy atom. The molecule has 3 rings (SSSR count). The average molecular weight is 395 g/mol. The molecule has 8 heteroatoms. The molecule has 0 aliphatic carbocycles. The van der Waals surface area contributed by atoms with E-state index < -0.39 is 0 Å². The minimum atomic E-state index is 0.0423. The van der Waals surface area contributed by atoms with E-state index in [0.717, 1.165) is 58.0 Å². The number of likely N-dealkylation sites (N-methyl/N-ethyl adjacent to an activating group) is 1. The molecule has 1 aromatic heterocycles. The number of rotatable bonds is 5. The molecule has 0 aromatic carbocycles. The van der Waals surface area contributed by atoms with Gasteiger partial charge in [-0.05, 0) is 19.0 Å². The molecule has 1 N–H and O–H groups in total. The zero-order valence-corrected chi connectivity index (χ0v) is 17.2. The second-order valence-electron chi connectivity index (χ2n) is 7.70. The second kappa shape index (κ2) is 9.57. The summed E-state index contributed by atoms with van der Waals surface area (Å²) in [6.45, 7) is 11.5. The average Bonchev–Trinajstić information content (AvgIpc) is 2.68. The number of aromatic nitrogens is 1. The van der Waals surface area contributed by atoms with Gasteiger partial charge in [0.05, 0.1) is 10.7 Å². The van der Waals surface area contributed by atoms with E-state index in [4.69, 9.17) is 11.6 Å². The van der Waals surface area contributed by atoms with Crippen LogP contribution >= 0.6 is 11.6 Å². The predicted octanol–water partition coefficient (Wildman–Crippen LogP) is 1.45. The van der Waals surface area contributed by atoms with E-state index in [1.807, 2.05) is 11.0 Å². The van der Waals surface area contributed by atoms with Crippen molar-refractivity contribution >= 4 is 23.3 Å². The molecular formula is C19H31ClN6O. The molecule has 0 spiro atoms. The van der Waals surface area contributed by atoms with Gasteiger partial charge < -0.3 is 24.9 Å². The van der Waals surface area contributed by atoms with Crippen LogP contribution in [0, 0.1) is 5.92 Å². The summed E-state index contributed by atoms with van der Waals surface area (Å²) in [5.41, 5.74) is 0.993. The van der Waals surface area contributed by atoms with Gasteiger partial charge in [0.25, 0.3) is 0 Å². The van der Waals surface area contributed by atoms with E-state index in [1.165, 1.54) is 0 Å². The lowest BCUT2D eigenvalue weighted by atomic mass is 10.1. The maximum absolute atomic E-state index is 12.5. The fourth-order valence-corrected chi connectivity index (χ4v) is 3.92. The van der Waals surface area contributed by atoms with E-state index in [2.05, 4.69) is 39.0 Å². The number of pyridine rings is 1. The van der Waals surface area contributed by atoms with E-state index in [1.54, 1.807) is 12.4 Å². The first-order valence-electron chi connectivity index (χ1n) is 9.81. The molecule has 7 nitrogen and oxygen atoms in total. The molecule has 27 heavy (non-hydrogen) atoms. The molecule has 150 valence electrons. The summed E-state index contributed by atoms with van der Waals surface area (Å²) >= 11 is 6.23. The van der Waals surface area contributed by atoms with Crippen molar-refractivity contribution < 1.29 is 4.79 Å². The molecule has 0 saturated carbocycles. The molecule has 0 bridgehead atoms. The zero-order valence-electron chi connectivity index (χ0n) is 16.4. The fourth-order valence-electron chi connectivity index (χ4n) is 3.68. The number of nitrogens with zero attached hydrogens (tertiary/aromatic N) is 5. The van der Waals surface area contributed by atoms with Crippen molar-refractivity contribution in [1.29, 1.82) is 0 Å². The first-order valence-corrected chi connectivity index (χ1v) is 10.2. The third-order valence-corrected chi connectivity index (χ3v) is 5.72. The van der Waals surface area contributed by atoms with Crippen LogP contribution in [-0.2, 0) is 0 Å². The highest BCUT2D eigenvalue weighted by molar-refractivity contribution is 6.33. The molecule has 3 heterocycles. The number of carbonyl (C=O) groups excluding carboxylic acids is 1. The van der Waals surface area contributed by atoms with E-state index in [-0.39, 0.29) is 6.03 Å². The summed E-state index contributed by atoms with van der Waals surface area (Å²) in [5, 5.41) is 3.77. The van der Waals surface area contributed by atoms with E-state index >= 15 is 0 Å². The summed E-state index contributed by atoms with van der Waals surface area (Å²) < 4.78 is 0. The van der Waals surface area contributed by atoms with Gasteiger partial charge in [-0.1, -0.05) is 18.5 Å². The number of hydrogen-bond acceptors (Lipinski definition) is 5. The Morgan fingerprint density at radius 2 is 1.89 bits per heavy atom. The van der Waals surface area contributed by atoms with Crippen LogP contribution in [0.25, 0.3) is 0 Å². The van der Waals surface area contributed by atoms with Gasteiger partial charge in [-0.25, -0.2) is 4.79 Å². The number of urea groups is 1. The highest BCUT2D eigenvalue weighted by Crippen LogP contribution is 2.25. The Hall–Kier alpha value is -1.57. The van der Waals surface area contributed by atoms with Crippen molar-refractivity contribution in [2.24, 2.45) is 5.92 Å². The maximum atomic E-state index is 12.5. The Kier molecular flexibility index (Phi) is 7.15. The lowest BCUT2D eigenvalue weighted by Crippen LogP contribution is -2.53. The van der Waals surface area contributed by atoms with Gasteiger partial charge >= 0.3 is 6.03 Å². The highest BCUT2D eigenvalue weighted by atomic mass is 35.5. The number of nitrogens with one attached hydrogen (secondary N) is 1. The molecule has 2 amide bonds. The third-order valence-electron chi connectivity index (χ3n) is 5.43. The molecular weight excluding hydrogens is 364 g/mol. The second-order valence-corrected chi connectivity index (χ2v) is 8.10. The Morgan fingerprint density at radius 1 is 1.19 bits per heavy atom. The van der Waals surface area contributed by atoms with Crippen LogP contribution in [-0.4, -0.2) is 98.2 Å². The number of hydrogen-bond donors (Lipinski definition) is 1. The Bertz CT molecular complexity index is 614. The zero-order chi connectivity index (χ0) is 19.2. The van der Waals surface area contributed by atoms with Crippen LogP contribution in [0.1, 0.15) is 6.92 Å². The van der Waals surface area contributed by atoms with Gasteiger partial charge in [-0.2, -0.15) is 0 Å². The summed E-state index contributed by atoms with van der Waals surface area (Å²) in [5.74, 6) is 0.453. The monoisotopic (exact) mass is 394 g/mol. The standard InChI is InChI=1S/C19H31ClN6O/c1-16(15-24-7-5-23(2)6-8-24)13-22-19(27)26-11-9-25(10-12-26)18-3-4-21-14-17(18)20/h3-4,14,16H,5-13,15H2,1-2H3,(H,22,27). The largest absolute Gasteiger partial charge is 0.367 e. The summed E-state index contributed by atoms with van der Waals surface area (Å²) in [6, 6.07) is 1.97. The predicted molar refractivity (Wildman–Crippen MR) is 110 cm³/mol. The first kappa shape index (κ1) is 20.2. The fraction of sp³-hybridized carbons (Fsp3) is 0.684. The van der Waals surface area contributed by atoms with E-state index in [9.17, 15) is 4.79 Å². The first-order chi connectivity index (χ1) is 13.0. The van der Waals surface area contributed by atoms with Crippen molar-refractivity contribution in [3.05, 3.63) is 23.5 Å². The van der Waals surface area contributed by atoms with E-state index in [0.29, 0.717) is 24.0 Å². The van der Waals surface area contributed by atoms with Crippen LogP contribution in [0.2, 0.25) is 5.02 Å². The van der Waals surface area contributed by atoms with Crippen molar-refractivity contribution in [1.82, 2.24) is 25.0 Å². The number of anilines is 1. The van der Waals surface area contributed by atoms with Gasteiger partial charge in [0.2, 0.25) is 0 Å².